The maximum atomic E-state index is 13.0. The second kappa shape index (κ2) is 15.4. The van der Waals surface area contributed by atoms with Gasteiger partial charge in [0.2, 0.25) is 17.7 Å². The third kappa shape index (κ3) is 11.8. The zero-order chi connectivity index (χ0) is 28.8. The van der Waals surface area contributed by atoms with Gasteiger partial charge in [-0.3, -0.25) is 29.0 Å². The first-order valence-corrected chi connectivity index (χ1v) is 11.2. The van der Waals surface area contributed by atoms with Crippen LogP contribution < -0.4 is 33.2 Å². The van der Waals surface area contributed by atoms with Crippen LogP contribution in [0.15, 0.2) is 17.5 Å². The summed E-state index contributed by atoms with van der Waals surface area (Å²) in [6.07, 6.45) is 1.08. The second-order valence-corrected chi connectivity index (χ2v) is 8.05. The van der Waals surface area contributed by atoms with Gasteiger partial charge >= 0.3 is 17.9 Å². The number of H-pyrrole nitrogens is 1. The molecule has 4 atom stereocenters. The number of carboxylic acids is 3. The van der Waals surface area contributed by atoms with Gasteiger partial charge < -0.3 is 53.5 Å². The Hall–Kier alpha value is -4.74. The zero-order valence-corrected chi connectivity index (χ0v) is 20.1. The van der Waals surface area contributed by atoms with Gasteiger partial charge in [-0.05, 0) is 12.8 Å². The van der Waals surface area contributed by atoms with Crippen LogP contribution in [0.1, 0.15) is 31.4 Å². The van der Waals surface area contributed by atoms with E-state index in [1.807, 2.05) is 5.32 Å². The fourth-order valence-corrected chi connectivity index (χ4v) is 3.06. The largest absolute Gasteiger partial charge is 0.481 e. The molecule has 0 saturated heterocycles. The maximum absolute atomic E-state index is 13.0. The van der Waals surface area contributed by atoms with E-state index < -0.39 is 72.6 Å². The molecule has 1 aromatic heterocycles. The smallest absolute Gasteiger partial charge is 0.326 e. The van der Waals surface area contributed by atoms with Gasteiger partial charge in [0.05, 0.1) is 25.2 Å². The van der Waals surface area contributed by atoms with Crippen LogP contribution in [0, 0.1) is 0 Å². The highest BCUT2D eigenvalue weighted by atomic mass is 16.4. The second-order valence-electron chi connectivity index (χ2n) is 8.05. The third-order valence-electron chi connectivity index (χ3n) is 4.92. The number of nitrogens with two attached hydrogens (primary N) is 3. The molecule has 1 rings (SSSR count). The van der Waals surface area contributed by atoms with Crippen molar-refractivity contribution in [2.75, 3.05) is 6.54 Å². The summed E-state index contributed by atoms with van der Waals surface area (Å²) in [6, 6.07) is -6.10. The lowest BCUT2D eigenvalue weighted by Crippen LogP contribution is -2.58. The first kappa shape index (κ1) is 31.3. The highest BCUT2D eigenvalue weighted by Gasteiger charge is 2.32. The van der Waals surface area contributed by atoms with Gasteiger partial charge in [0.15, 0.2) is 5.96 Å². The Kier molecular flexibility index (Phi) is 12.7. The van der Waals surface area contributed by atoms with Crippen molar-refractivity contribution in [2.45, 2.75) is 56.3 Å². The van der Waals surface area contributed by atoms with Crippen molar-refractivity contribution in [1.82, 2.24) is 25.9 Å². The van der Waals surface area contributed by atoms with E-state index in [0.29, 0.717) is 12.1 Å². The fourth-order valence-electron chi connectivity index (χ4n) is 3.06. The van der Waals surface area contributed by atoms with Crippen LogP contribution in [0.25, 0.3) is 0 Å². The molecule has 0 aliphatic rings. The molecule has 4 unspecified atom stereocenters. The molecule has 0 aromatic carbocycles. The van der Waals surface area contributed by atoms with E-state index in [9.17, 15) is 28.8 Å². The fraction of sp³-hybridized carbons (Fsp3) is 0.500. The number of aromatic amines is 1. The number of nitrogens with zero attached hydrogens (tertiary/aromatic N) is 2. The Morgan fingerprint density at radius 3 is 1.97 bits per heavy atom. The van der Waals surface area contributed by atoms with Gasteiger partial charge in [-0.2, -0.15) is 0 Å². The number of nitrogens with one attached hydrogen (secondary N) is 4. The topological polar surface area (TPSA) is 318 Å². The van der Waals surface area contributed by atoms with E-state index in [1.165, 1.54) is 12.5 Å². The van der Waals surface area contributed by atoms with Gasteiger partial charge in [-0.15, -0.1) is 0 Å². The van der Waals surface area contributed by atoms with Crippen molar-refractivity contribution in [3.05, 3.63) is 18.2 Å². The molecule has 210 valence electrons. The summed E-state index contributed by atoms with van der Waals surface area (Å²) in [5.41, 5.74) is 16.7. The summed E-state index contributed by atoms with van der Waals surface area (Å²) >= 11 is 0. The summed E-state index contributed by atoms with van der Waals surface area (Å²) in [4.78, 5) is 82.0. The van der Waals surface area contributed by atoms with E-state index in [0.717, 1.165) is 0 Å². The molecular formula is C20H31N9O9. The number of aromatic nitrogens is 2. The molecule has 0 bridgehead atoms. The number of rotatable bonds is 17. The van der Waals surface area contributed by atoms with Crippen molar-refractivity contribution in [1.29, 1.82) is 0 Å². The van der Waals surface area contributed by atoms with Crippen molar-refractivity contribution < 1.29 is 44.1 Å². The van der Waals surface area contributed by atoms with Crippen molar-refractivity contribution in [2.24, 2.45) is 22.2 Å². The SMILES string of the molecule is NC(N)=NCCCC(N)C(=O)NC(Cc1cnc[nH]1)C(=O)NC(CC(=O)O)C(=O)NC(CC(=O)O)C(=O)O. The van der Waals surface area contributed by atoms with Crippen LogP contribution in [0.3, 0.4) is 0 Å². The molecular weight excluding hydrogens is 510 g/mol. The number of hydrogen-bond acceptors (Lipinski definition) is 9. The number of guanidine groups is 1. The number of imidazole rings is 1. The van der Waals surface area contributed by atoms with Crippen LogP contribution in [-0.4, -0.2) is 97.6 Å². The highest BCUT2D eigenvalue weighted by Crippen LogP contribution is 2.04. The van der Waals surface area contributed by atoms with Crippen molar-refractivity contribution in [3.63, 3.8) is 0 Å². The van der Waals surface area contributed by atoms with Gasteiger partial charge in [0, 0.05) is 24.9 Å². The number of hydrogen-bond donors (Lipinski definition) is 10. The Labute approximate surface area is 215 Å². The quantitative estimate of drug-likeness (QED) is 0.0509. The number of carbonyl (C=O) groups excluding carboxylic acids is 3. The Morgan fingerprint density at radius 1 is 0.895 bits per heavy atom. The number of aliphatic carboxylic acids is 3. The molecule has 0 fully saturated rings. The molecule has 1 heterocycles. The molecule has 0 radical (unpaired) electrons. The molecule has 0 aliphatic heterocycles. The van der Waals surface area contributed by atoms with E-state index in [-0.39, 0.29) is 25.3 Å². The van der Waals surface area contributed by atoms with Crippen LogP contribution in [0.4, 0.5) is 0 Å². The van der Waals surface area contributed by atoms with Gasteiger partial charge in [0.25, 0.3) is 0 Å². The van der Waals surface area contributed by atoms with E-state index in [2.05, 4.69) is 25.6 Å². The van der Waals surface area contributed by atoms with Crippen LogP contribution in [-0.2, 0) is 35.2 Å². The number of amides is 3. The molecule has 18 nitrogen and oxygen atoms in total. The van der Waals surface area contributed by atoms with E-state index in [4.69, 9.17) is 32.5 Å². The van der Waals surface area contributed by atoms with Gasteiger partial charge in [0.1, 0.15) is 18.1 Å². The van der Waals surface area contributed by atoms with Gasteiger partial charge in [-0.25, -0.2) is 9.78 Å². The normalized spacial score (nSPS) is 13.7. The Balaban J connectivity index is 3.01. The summed E-state index contributed by atoms with van der Waals surface area (Å²) in [5.74, 6) is -7.84. The Morgan fingerprint density at radius 2 is 1.45 bits per heavy atom. The lowest BCUT2D eigenvalue weighted by atomic mass is 10.1. The average Bonchev–Trinajstić information content (AvgIpc) is 3.32. The highest BCUT2D eigenvalue weighted by molar-refractivity contribution is 5.96. The molecule has 1 aromatic rings. The van der Waals surface area contributed by atoms with E-state index in [1.54, 1.807) is 0 Å². The van der Waals surface area contributed by atoms with Crippen molar-refractivity contribution in [3.8, 4) is 0 Å². The summed E-state index contributed by atoms with van der Waals surface area (Å²) in [7, 11) is 0. The van der Waals surface area contributed by atoms with Crippen LogP contribution in [0.5, 0.6) is 0 Å². The first-order chi connectivity index (χ1) is 17.8. The minimum absolute atomic E-state index is 0.128. The molecule has 3 amide bonds. The van der Waals surface area contributed by atoms with Crippen LogP contribution >= 0.6 is 0 Å². The molecule has 0 saturated carbocycles. The van der Waals surface area contributed by atoms with Gasteiger partial charge in [-0.1, -0.05) is 0 Å². The number of aliphatic imine (C=N–C) groups is 1. The number of carboxylic acid groups (broad SMARTS) is 3. The molecule has 18 heteroatoms. The molecule has 38 heavy (non-hydrogen) atoms. The average molecular weight is 542 g/mol. The lowest BCUT2D eigenvalue weighted by molar-refractivity contribution is -0.148. The monoisotopic (exact) mass is 541 g/mol. The predicted octanol–water partition coefficient (Wildman–Crippen LogP) is -4.18. The molecule has 0 spiro atoms. The minimum Gasteiger partial charge on any atom is -0.481 e. The summed E-state index contributed by atoms with van der Waals surface area (Å²) < 4.78 is 0. The van der Waals surface area contributed by atoms with Crippen molar-refractivity contribution >= 4 is 41.6 Å². The third-order valence-corrected chi connectivity index (χ3v) is 4.92. The number of carbonyl (C=O) groups is 6. The standard InChI is InChI=1S/C20H31N9O9/c21-10(2-1-3-25-20(22)23)16(34)27-11(4-9-7-24-8-26-9)17(35)28-12(5-14(30)31)18(36)29-13(19(37)38)6-15(32)33/h7-8,10-13H,1-6,21H2,(H,24,26)(H,27,34)(H,28,35)(H,29,36)(H,30,31)(H,32,33)(H,37,38)(H4,22,23,25). The predicted molar refractivity (Wildman–Crippen MR) is 128 cm³/mol. The first-order valence-electron chi connectivity index (χ1n) is 11.2. The van der Waals surface area contributed by atoms with E-state index >= 15 is 0 Å². The molecule has 0 aliphatic carbocycles. The van der Waals surface area contributed by atoms with Crippen LogP contribution in [0.2, 0.25) is 0 Å². The zero-order valence-electron chi connectivity index (χ0n) is 20.1. The maximum Gasteiger partial charge on any atom is 0.326 e. The Bertz CT molecular complexity index is 1030. The summed E-state index contributed by atoms with van der Waals surface area (Å²) in [5, 5.41) is 33.6. The summed E-state index contributed by atoms with van der Waals surface area (Å²) in [6.45, 7) is 0.215. The minimum atomic E-state index is -1.88. The molecule has 13 N–H and O–H groups in total. The lowest BCUT2D eigenvalue weighted by Gasteiger charge is -2.24.